The zero-order chi connectivity index (χ0) is 15.1. The van der Waals surface area contributed by atoms with Crippen molar-refractivity contribution in [2.45, 2.75) is 31.3 Å². The van der Waals surface area contributed by atoms with Gasteiger partial charge in [-0.2, -0.15) is 5.10 Å². The average molecular weight is 298 g/mol. The van der Waals surface area contributed by atoms with E-state index >= 15 is 0 Å². The fourth-order valence-electron chi connectivity index (χ4n) is 2.96. The van der Waals surface area contributed by atoms with Gasteiger partial charge in [0.1, 0.15) is 0 Å². The zero-order valence-electron chi connectivity index (χ0n) is 13.2. The molecule has 1 aliphatic carbocycles. The highest BCUT2D eigenvalue weighted by molar-refractivity contribution is 5.42. The maximum absolute atomic E-state index is 4.39. The average Bonchev–Trinajstić information content (AvgIpc) is 3.22. The molecule has 116 valence electrons. The summed E-state index contributed by atoms with van der Waals surface area (Å²) in [6, 6.07) is 4.83. The van der Waals surface area contributed by atoms with E-state index < -0.39 is 0 Å². The number of hydrogen-bond acceptors (Lipinski definition) is 5. The van der Waals surface area contributed by atoms with Crippen LogP contribution < -0.4 is 4.90 Å². The highest BCUT2D eigenvalue weighted by atomic mass is 15.4. The Labute approximate surface area is 130 Å². The largest absolute Gasteiger partial charge is 0.352 e. The SMILES string of the molecule is CN(Cc1cn(C)cn1)C1CN(c2ccc(C3CC3)nn2)C1. The van der Waals surface area contributed by atoms with Gasteiger partial charge in [-0.3, -0.25) is 4.90 Å². The summed E-state index contributed by atoms with van der Waals surface area (Å²) in [5, 5.41) is 8.75. The molecule has 0 bridgehead atoms. The molecule has 0 unspecified atom stereocenters. The predicted octanol–water partition coefficient (Wildman–Crippen LogP) is 1.41. The molecule has 4 rings (SSSR count). The Balaban J connectivity index is 1.31. The lowest BCUT2D eigenvalue weighted by atomic mass is 10.1. The van der Waals surface area contributed by atoms with Crippen molar-refractivity contribution in [3.63, 3.8) is 0 Å². The minimum Gasteiger partial charge on any atom is -0.352 e. The summed E-state index contributed by atoms with van der Waals surface area (Å²) < 4.78 is 1.99. The molecule has 6 heteroatoms. The highest BCUT2D eigenvalue weighted by Gasteiger charge is 2.32. The van der Waals surface area contributed by atoms with Crippen molar-refractivity contribution in [1.82, 2.24) is 24.6 Å². The van der Waals surface area contributed by atoms with Crippen LogP contribution in [-0.2, 0) is 13.6 Å². The number of aromatic nitrogens is 4. The lowest BCUT2D eigenvalue weighted by Gasteiger charge is -2.44. The van der Waals surface area contributed by atoms with E-state index in [1.165, 1.54) is 12.8 Å². The second-order valence-corrected chi connectivity index (χ2v) is 6.60. The van der Waals surface area contributed by atoms with Gasteiger partial charge in [-0.25, -0.2) is 4.98 Å². The number of hydrogen-bond donors (Lipinski definition) is 0. The standard InChI is InChI=1S/C16H22N6/c1-20-7-13(17-11-20)8-21(2)14-9-22(10-14)16-6-5-15(18-19-16)12-3-4-12/h5-7,11-12,14H,3-4,8-10H2,1-2H3. The first-order chi connectivity index (χ1) is 10.7. The van der Waals surface area contributed by atoms with Crippen LogP contribution in [0.5, 0.6) is 0 Å². The van der Waals surface area contributed by atoms with Crippen LogP contribution in [0.1, 0.15) is 30.1 Å². The first-order valence-corrected chi connectivity index (χ1v) is 7.94. The summed E-state index contributed by atoms with van der Waals surface area (Å²) in [7, 11) is 4.17. The van der Waals surface area contributed by atoms with Crippen LogP contribution in [0.4, 0.5) is 5.82 Å². The molecule has 0 amide bonds. The maximum Gasteiger partial charge on any atom is 0.151 e. The summed E-state index contributed by atoms with van der Waals surface area (Å²) in [5.74, 6) is 1.68. The molecule has 2 aliphatic rings. The minimum atomic E-state index is 0.562. The number of anilines is 1. The second-order valence-electron chi connectivity index (χ2n) is 6.60. The second kappa shape index (κ2) is 5.35. The Kier molecular flexibility index (Phi) is 3.33. The molecular weight excluding hydrogens is 276 g/mol. The van der Waals surface area contributed by atoms with E-state index in [9.17, 15) is 0 Å². The first-order valence-electron chi connectivity index (χ1n) is 7.94. The van der Waals surface area contributed by atoms with Gasteiger partial charge in [0.2, 0.25) is 0 Å². The molecule has 1 saturated carbocycles. The third kappa shape index (κ3) is 2.70. The Morgan fingerprint density at radius 2 is 2.05 bits per heavy atom. The van der Waals surface area contributed by atoms with Gasteiger partial charge in [-0.05, 0) is 32.0 Å². The summed E-state index contributed by atoms with van der Waals surface area (Å²) in [6.07, 6.45) is 6.48. The van der Waals surface area contributed by atoms with Gasteiger partial charge in [0.25, 0.3) is 0 Å². The molecule has 0 radical (unpaired) electrons. The van der Waals surface area contributed by atoms with Crippen molar-refractivity contribution in [1.29, 1.82) is 0 Å². The molecule has 0 aromatic carbocycles. The van der Waals surface area contributed by atoms with Crippen LogP contribution in [0, 0.1) is 0 Å². The third-order valence-corrected chi connectivity index (χ3v) is 4.65. The Morgan fingerprint density at radius 1 is 1.23 bits per heavy atom. The van der Waals surface area contributed by atoms with Gasteiger partial charge < -0.3 is 9.47 Å². The lowest BCUT2D eigenvalue weighted by molar-refractivity contribution is 0.195. The van der Waals surface area contributed by atoms with Crippen molar-refractivity contribution in [3.05, 3.63) is 36.0 Å². The number of imidazole rings is 1. The highest BCUT2D eigenvalue weighted by Crippen LogP contribution is 2.38. The van der Waals surface area contributed by atoms with Gasteiger partial charge in [0.15, 0.2) is 5.82 Å². The van der Waals surface area contributed by atoms with Crippen LogP contribution in [0.25, 0.3) is 0 Å². The summed E-state index contributed by atoms with van der Waals surface area (Å²) >= 11 is 0. The van der Waals surface area contributed by atoms with E-state index in [4.69, 9.17) is 0 Å². The van der Waals surface area contributed by atoms with E-state index in [1.54, 1.807) is 0 Å². The maximum atomic E-state index is 4.39. The fourth-order valence-corrected chi connectivity index (χ4v) is 2.96. The summed E-state index contributed by atoms with van der Waals surface area (Å²) in [5.41, 5.74) is 2.28. The van der Waals surface area contributed by atoms with Gasteiger partial charge in [-0.1, -0.05) is 0 Å². The molecule has 0 spiro atoms. The predicted molar refractivity (Wildman–Crippen MR) is 84.7 cm³/mol. The number of aryl methyl sites for hydroxylation is 1. The number of nitrogens with zero attached hydrogens (tertiary/aromatic N) is 6. The van der Waals surface area contributed by atoms with Crippen molar-refractivity contribution in [3.8, 4) is 0 Å². The topological polar surface area (TPSA) is 50.1 Å². The van der Waals surface area contributed by atoms with Crippen molar-refractivity contribution in [2.24, 2.45) is 7.05 Å². The van der Waals surface area contributed by atoms with E-state index in [-0.39, 0.29) is 0 Å². The van der Waals surface area contributed by atoms with Crippen LogP contribution in [0.15, 0.2) is 24.7 Å². The van der Waals surface area contributed by atoms with Crippen LogP contribution in [0.2, 0.25) is 0 Å². The molecule has 2 aromatic heterocycles. The molecular formula is C16H22N6. The monoisotopic (exact) mass is 298 g/mol. The molecule has 2 fully saturated rings. The molecule has 2 aromatic rings. The summed E-state index contributed by atoms with van der Waals surface area (Å²) in [4.78, 5) is 9.05. The van der Waals surface area contributed by atoms with E-state index in [2.05, 4.69) is 50.4 Å². The van der Waals surface area contributed by atoms with Gasteiger partial charge >= 0.3 is 0 Å². The first kappa shape index (κ1) is 13.7. The molecule has 0 N–H and O–H groups in total. The molecule has 0 atom stereocenters. The van der Waals surface area contributed by atoms with E-state index in [1.807, 2.05) is 17.9 Å². The van der Waals surface area contributed by atoms with Crippen molar-refractivity contribution in [2.75, 3.05) is 25.0 Å². The lowest BCUT2D eigenvalue weighted by Crippen LogP contribution is -2.58. The molecule has 1 saturated heterocycles. The van der Waals surface area contributed by atoms with E-state index in [0.29, 0.717) is 12.0 Å². The molecule has 6 nitrogen and oxygen atoms in total. The third-order valence-electron chi connectivity index (χ3n) is 4.65. The van der Waals surface area contributed by atoms with Gasteiger partial charge in [-0.15, -0.1) is 5.10 Å². The van der Waals surface area contributed by atoms with Crippen LogP contribution >= 0.6 is 0 Å². The molecule has 3 heterocycles. The Bertz CT molecular complexity index is 639. The van der Waals surface area contributed by atoms with Crippen LogP contribution in [0.3, 0.4) is 0 Å². The minimum absolute atomic E-state index is 0.562. The number of likely N-dealkylation sites (N-methyl/N-ethyl adjacent to an activating group) is 1. The van der Waals surface area contributed by atoms with Crippen molar-refractivity contribution >= 4 is 5.82 Å². The molecule has 22 heavy (non-hydrogen) atoms. The van der Waals surface area contributed by atoms with E-state index in [0.717, 1.165) is 36.8 Å². The van der Waals surface area contributed by atoms with Gasteiger partial charge in [0.05, 0.1) is 17.7 Å². The van der Waals surface area contributed by atoms with Crippen LogP contribution in [-0.4, -0.2) is 50.8 Å². The quantitative estimate of drug-likeness (QED) is 0.835. The smallest absolute Gasteiger partial charge is 0.151 e. The Morgan fingerprint density at radius 3 is 2.64 bits per heavy atom. The fraction of sp³-hybridized carbons (Fsp3) is 0.562. The molecule has 1 aliphatic heterocycles. The summed E-state index contributed by atoms with van der Waals surface area (Å²) in [6.45, 7) is 2.92. The number of rotatable bonds is 5. The van der Waals surface area contributed by atoms with Crippen molar-refractivity contribution < 1.29 is 0 Å². The Hall–Kier alpha value is -1.95. The normalized spacial score (nSPS) is 18.8. The zero-order valence-corrected chi connectivity index (χ0v) is 13.2. The van der Waals surface area contributed by atoms with Gasteiger partial charge in [0, 0.05) is 44.8 Å².